The molecule has 0 aromatic carbocycles. The van der Waals surface area contributed by atoms with Crippen molar-refractivity contribution in [3.63, 3.8) is 0 Å². The van der Waals surface area contributed by atoms with E-state index in [0.717, 1.165) is 0 Å². The Bertz CT molecular complexity index is 192. The predicted molar refractivity (Wildman–Crippen MR) is 44.5 cm³/mol. The van der Waals surface area contributed by atoms with Gasteiger partial charge in [0.1, 0.15) is 4.99 Å². The van der Waals surface area contributed by atoms with Gasteiger partial charge in [0.2, 0.25) is 0 Å². The van der Waals surface area contributed by atoms with Crippen LogP contribution in [0.15, 0.2) is 11.3 Å². The fourth-order valence-corrected chi connectivity index (χ4v) is 1.01. The van der Waals surface area contributed by atoms with E-state index in [1.165, 1.54) is 6.92 Å². The first-order valence-electron chi connectivity index (χ1n) is 2.42. The van der Waals surface area contributed by atoms with Crippen molar-refractivity contribution in [2.45, 2.75) is 6.92 Å². The molecule has 0 amide bonds. The third-order valence-electron chi connectivity index (χ3n) is 0.837. The van der Waals surface area contributed by atoms with Crippen molar-refractivity contribution in [2.24, 2.45) is 11.5 Å². The third kappa shape index (κ3) is 2.33. The van der Waals surface area contributed by atoms with Gasteiger partial charge in [-0.05, 0) is 18.5 Å². The molecular weight excluding hydrogens is 172 g/mol. The zero-order valence-corrected chi connectivity index (χ0v) is 6.92. The Morgan fingerprint density at radius 3 is 1.90 bits per heavy atom. The molecule has 0 aliphatic rings. The lowest BCUT2D eigenvalue weighted by molar-refractivity contribution is -0.108. The zero-order chi connectivity index (χ0) is 8.31. The summed E-state index contributed by atoms with van der Waals surface area (Å²) in [5.74, 6) is 0. The molecule has 10 heavy (non-hydrogen) atoms. The number of carbonyl (C=O) groups is 1. The average molecular weight is 179 g/mol. The maximum absolute atomic E-state index is 10.5. The molecule has 0 fully saturated rings. The van der Waals surface area contributed by atoms with Crippen LogP contribution < -0.4 is 11.5 Å². The number of carbonyl (C=O) groups excluding carboxylic acids is 1. The molecule has 0 aromatic rings. The molecule has 56 valence electrons. The second-order valence-electron chi connectivity index (χ2n) is 1.70. The predicted octanol–water partition coefficient (Wildman–Crippen LogP) is 0.271. The molecule has 0 heterocycles. The van der Waals surface area contributed by atoms with Crippen LogP contribution in [0.1, 0.15) is 6.92 Å². The maximum Gasteiger partial charge on any atom is 0.257 e. The Kier molecular flexibility index (Phi) is 3.32. The van der Waals surface area contributed by atoms with E-state index in [0.29, 0.717) is 0 Å². The second-order valence-corrected chi connectivity index (χ2v) is 2.48. The fourth-order valence-electron chi connectivity index (χ4n) is 0.446. The highest BCUT2D eigenvalue weighted by molar-refractivity contribution is 7.80. The Morgan fingerprint density at radius 2 is 1.90 bits per heavy atom. The number of allylic oxidation sites excluding steroid dienone is 1. The lowest BCUT2D eigenvalue weighted by Crippen LogP contribution is -2.19. The molecule has 0 spiro atoms. The van der Waals surface area contributed by atoms with Gasteiger partial charge in [-0.2, -0.15) is 0 Å². The number of hydrogen-bond acceptors (Lipinski definition) is 3. The van der Waals surface area contributed by atoms with Crippen LogP contribution in [0.3, 0.4) is 0 Å². The van der Waals surface area contributed by atoms with E-state index in [1.54, 1.807) is 0 Å². The highest BCUT2D eigenvalue weighted by Crippen LogP contribution is 2.03. The lowest BCUT2D eigenvalue weighted by atomic mass is 10.2. The second kappa shape index (κ2) is 3.53. The summed E-state index contributed by atoms with van der Waals surface area (Å²) in [5, 5.41) is -0.715. The van der Waals surface area contributed by atoms with Gasteiger partial charge in [0, 0.05) is 5.70 Å². The summed E-state index contributed by atoms with van der Waals surface area (Å²) in [5.41, 5.74) is 10.6. The van der Waals surface area contributed by atoms with Crippen LogP contribution in [0.4, 0.5) is 0 Å². The Balaban J connectivity index is 4.79. The van der Waals surface area contributed by atoms with E-state index in [2.05, 4.69) is 12.2 Å². The van der Waals surface area contributed by atoms with Crippen molar-refractivity contribution < 1.29 is 4.79 Å². The molecule has 0 radical (unpaired) electrons. The van der Waals surface area contributed by atoms with Crippen LogP contribution in [0.5, 0.6) is 0 Å². The van der Waals surface area contributed by atoms with Gasteiger partial charge >= 0.3 is 0 Å². The number of rotatable bonds is 2. The van der Waals surface area contributed by atoms with Crippen molar-refractivity contribution in [1.82, 2.24) is 0 Å². The molecule has 0 aromatic heterocycles. The first-order chi connectivity index (χ1) is 4.46. The quantitative estimate of drug-likeness (QED) is 0.362. The van der Waals surface area contributed by atoms with Gasteiger partial charge in [0.05, 0.1) is 5.57 Å². The Morgan fingerprint density at radius 1 is 1.50 bits per heavy atom. The minimum Gasteiger partial charge on any atom is -0.402 e. The Labute approximate surface area is 69.0 Å². The molecule has 0 saturated carbocycles. The van der Waals surface area contributed by atoms with Gasteiger partial charge in [0.15, 0.2) is 0 Å². The molecular formula is C5H7ClN2OS. The monoisotopic (exact) mass is 178 g/mol. The molecule has 5 heteroatoms. The van der Waals surface area contributed by atoms with Gasteiger partial charge in [0.25, 0.3) is 5.24 Å². The topological polar surface area (TPSA) is 69.1 Å². The van der Waals surface area contributed by atoms with Gasteiger partial charge in [-0.25, -0.2) is 0 Å². The first kappa shape index (κ1) is 9.39. The molecule has 0 rings (SSSR count). The molecule has 0 aliphatic heterocycles. The van der Waals surface area contributed by atoms with Crippen molar-refractivity contribution in [2.75, 3.05) is 0 Å². The summed E-state index contributed by atoms with van der Waals surface area (Å²) in [6.07, 6.45) is 0. The molecule has 3 nitrogen and oxygen atoms in total. The Hall–Kier alpha value is -0.610. The number of nitrogens with two attached hydrogens (primary N) is 2. The smallest absolute Gasteiger partial charge is 0.257 e. The minimum atomic E-state index is -0.715. The highest BCUT2D eigenvalue weighted by atomic mass is 35.5. The fraction of sp³-hybridized carbons (Fsp3) is 0.200. The molecule has 0 saturated heterocycles. The van der Waals surface area contributed by atoms with Crippen LogP contribution in [-0.2, 0) is 4.79 Å². The minimum absolute atomic E-state index is 0.0247. The van der Waals surface area contributed by atoms with E-state index in [1.807, 2.05) is 0 Å². The molecule has 0 atom stereocenters. The van der Waals surface area contributed by atoms with Gasteiger partial charge in [-0.1, -0.05) is 12.2 Å². The summed E-state index contributed by atoms with van der Waals surface area (Å²) >= 11 is 9.59. The standard InChI is InChI=1S/C5H7ClN2OS/c1-2(7)3(4(6)9)5(8)10/h7H2,1H3,(H2,8,10). The average Bonchev–Trinajstić information content (AvgIpc) is 1.59. The van der Waals surface area contributed by atoms with Crippen molar-refractivity contribution in [1.29, 1.82) is 0 Å². The molecule has 4 N–H and O–H groups in total. The van der Waals surface area contributed by atoms with Crippen LogP contribution in [0, 0.1) is 0 Å². The lowest BCUT2D eigenvalue weighted by Gasteiger charge is -1.99. The third-order valence-corrected chi connectivity index (χ3v) is 1.23. The molecule has 0 unspecified atom stereocenters. The van der Waals surface area contributed by atoms with Crippen molar-refractivity contribution in [3.05, 3.63) is 11.3 Å². The largest absolute Gasteiger partial charge is 0.402 e. The van der Waals surface area contributed by atoms with Gasteiger partial charge < -0.3 is 11.5 Å². The summed E-state index contributed by atoms with van der Waals surface area (Å²) in [7, 11) is 0. The number of hydrogen-bond donors (Lipinski definition) is 2. The van der Waals surface area contributed by atoms with Crippen LogP contribution in [0.25, 0.3) is 0 Å². The van der Waals surface area contributed by atoms with Crippen molar-refractivity contribution in [3.8, 4) is 0 Å². The van der Waals surface area contributed by atoms with Crippen molar-refractivity contribution >= 4 is 34.0 Å². The number of thiocarbonyl (C=S) groups is 1. The summed E-state index contributed by atoms with van der Waals surface area (Å²) < 4.78 is 0. The van der Waals surface area contributed by atoms with Gasteiger partial charge in [-0.3, -0.25) is 4.79 Å². The van der Waals surface area contributed by atoms with Crippen LogP contribution in [0.2, 0.25) is 0 Å². The van der Waals surface area contributed by atoms with E-state index in [-0.39, 0.29) is 16.3 Å². The van der Waals surface area contributed by atoms with E-state index >= 15 is 0 Å². The maximum atomic E-state index is 10.5. The number of halogens is 1. The summed E-state index contributed by atoms with van der Waals surface area (Å²) in [6, 6.07) is 0. The summed E-state index contributed by atoms with van der Waals surface area (Å²) in [6.45, 7) is 1.51. The van der Waals surface area contributed by atoms with Gasteiger partial charge in [-0.15, -0.1) is 0 Å². The van der Waals surface area contributed by atoms with Crippen LogP contribution >= 0.6 is 23.8 Å². The highest BCUT2D eigenvalue weighted by Gasteiger charge is 2.10. The summed E-state index contributed by atoms with van der Waals surface area (Å²) in [4.78, 5) is 10.4. The normalized spacial score (nSPS) is 12.2. The van der Waals surface area contributed by atoms with E-state index in [4.69, 9.17) is 23.1 Å². The van der Waals surface area contributed by atoms with E-state index < -0.39 is 5.24 Å². The SMILES string of the molecule is CC(N)=C(C(=O)Cl)C(N)=S. The molecule has 0 aliphatic carbocycles. The molecule has 0 bridgehead atoms. The zero-order valence-electron chi connectivity index (χ0n) is 5.35. The van der Waals surface area contributed by atoms with Crippen LogP contribution in [-0.4, -0.2) is 10.2 Å². The van der Waals surface area contributed by atoms with E-state index in [9.17, 15) is 4.79 Å². The first-order valence-corrected chi connectivity index (χ1v) is 3.21.